The first-order valence-corrected chi connectivity index (χ1v) is 6.25. The average molecular weight is 252 g/mol. The second-order valence-electron chi connectivity index (χ2n) is 4.76. The molecule has 0 aliphatic carbocycles. The number of nitrogens with zero attached hydrogens (tertiary/aromatic N) is 3. The fraction of sp³-hybridized carbons (Fsp3) is 0.200. The van der Waals surface area contributed by atoms with Crippen molar-refractivity contribution >= 4 is 10.8 Å². The number of hydrogen-bond donors (Lipinski definition) is 1. The van der Waals surface area contributed by atoms with Gasteiger partial charge in [-0.3, -0.25) is 9.67 Å². The zero-order valence-corrected chi connectivity index (χ0v) is 11.0. The molecule has 4 nitrogen and oxygen atoms in total. The van der Waals surface area contributed by atoms with Crippen LogP contribution in [0.25, 0.3) is 10.8 Å². The van der Waals surface area contributed by atoms with Crippen LogP contribution >= 0.6 is 0 Å². The first-order chi connectivity index (χ1) is 9.16. The van der Waals surface area contributed by atoms with Gasteiger partial charge in [-0.2, -0.15) is 5.10 Å². The molecule has 2 aromatic heterocycles. The summed E-state index contributed by atoms with van der Waals surface area (Å²) in [6.07, 6.45) is 3.70. The predicted octanol–water partition coefficient (Wildman–Crippen LogP) is 2.32. The van der Waals surface area contributed by atoms with Crippen LogP contribution in [-0.2, 0) is 7.05 Å². The van der Waals surface area contributed by atoms with Crippen molar-refractivity contribution in [3.05, 3.63) is 59.7 Å². The molecule has 0 aliphatic heterocycles. The first kappa shape index (κ1) is 11.9. The quantitative estimate of drug-likeness (QED) is 0.761. The van der Waals surface area contributed by atoms with Crippen LogP contribution < -0.4 is 5.73 Å². The maximum absolute atomic E-state index is 6.40. The van der Waals surface area contributed by atoms with E-state index in [0.717, 1.165) is 27.7 Å². The van der Waals surface area contributed by atoms with Crippen molar-refractivity contribution in [1.29, 1.82) is 0 Å². The third kappa shape index (κ3) is 2.00. The van der Waals surface area contributed by atoms with Crippen LogP contribution in [0.15, 0.2) is 42.7 Å². The molecule has 0 fully saturated rings. The van der Waals surface area contributed by atoms with E-state index in [2.05, 4.69) is 16.1 Å². The van der Waals surface area contributed by atoms with Crippen molar-refractivity contribution in [3.8, 4) is 0 Å². The van der Waals surface area contributed by atoms with Gasteiger partial charge < -0.3 is 5.73 Å². The fourth-order valence-corrected chi connectivity index (χ4v) is 2.47. The molecule has 2 N–H and O–H groups in total. The highest BCUT2D eigenvalue weighted by Gasteiger charge is 2.16. The summed E-state index contributed by atoms with van der Waals surface area (Å²) in [5.74, 6) is 0. The van der Waals surface area contributed by atoms with Gasteiger partial charge in [-0.25, -0.2) is 0 Å². The Hall–Kier alpha value is -2.20. The Morgan fingerprint density at radius 2 is 2.00 bits per heavy atom. The van der Waals surface area contributed by atoms with Crippen molar-refractivity contribution in [2.75, 3.05) is 0 Å². The number of aromatic nitrogens is 3. The van der Waals surface area contributed by atoms with Crippen molar-refractivity contribution in [3.63, 3.8) is 0 Å². The van der Waals surface area contributed by atoms with E-state index in [1.54, 1.807) is 0 Å². The molecule has 0 spiro atoms. The maximum Gasteiger partial charge on any atom is 0.0744 e. The summed E-state index contributed by atoms with van der Waals surface area (Å²) in [7, 11) is 1.92. The van der Waals surface area contributed by atoms with Crippen molar-refractivity contribution in [2.24, 2.45) is 12.8 Å². The van der Waals surface area contributed by atoms with Gasteiger partial charge in [0.15, 0.2) is 0 Å². The monoisotopic (exact) mass is 252 g/mol. The van der Waals surface area contributed by atoms with Gasteiger partial charge in [0.1, 0.15) is 0 Å². The Morgan fingerprint density at radius 3 is 2.74 bits per heavy atom. The number of hydrogen-bond acceptors (Lipinski definition) is 3. The van der Waals surface area contributed by atoms with Crippen molar-refractivity contribution < 1.29 is 0 Å². The maximum atomic E-state index is 6.40. The van der Waals surface area contributed by atoms with Crippen LogP contribution in [-0.4, -0.2) is 14.8 Å². The Bertz CT molecular complexity index is 725. The van der Waals surface area contributed by atoms with Crippen LogP contribution in [0, 0.1) is 6.92 Å². The molecule has 2 heterocycles. The standard InChI is InChI=1S/C15H16N4/c1-10-7-14(19(2)18-10)15(16)13-9-17-8-11-5-3-4-6-12(11)13/h3-9,15H,16H2,1-2H3. The fourth-order valence-electron chi connectivity index (χ4n) is 2.47. The van der Waals surface area contributed by atoms with Crippen molar-refractivity contribution in [2.45, 2.75) is 13.0 Å². The molecule has 1 unspecified atom stereocenters. The molecule has 0 radical (unpaired) electrons. The molecule has 0 saturated heterocycles. The van der Waals surface area contributed by atoms with E-state index in [-0.39, 0.29) is 6.04 Å². The SMILES string of the molecule is Cc1cc(C(N)c2cncc3ccccc23)n(C)n1. The van der Waals surface area contributed by atoms with E-state index in [1.165, 1.54) is 0 Å². The molecular formula is C15H16N4. The van der Waals surface area contributed by atoms with Gasteiger partial charge in [0, 0.05) is 30.4 Å². The van der Waals surface area contributed by atoms with E-state index in [9.17, 15) is 0 Å². The van der Waals surface area contributed by atoms with E-state index < -0.39 is 0 Å². The lowest BCUT2D eigenvalue weighted by Crippen LogP contribution is -2.16. The Morgan fingerprint density at radius 1 is 1.21 bits per heavy atom. The second kappa shape index (κ2) is 4.48. The molecular weight excluding hydrogens is 236 g/mol. The van der Waals surface area contributed by atoms with E-state index in [1.807, 2.05) is 55.3 Å². The highest BCUT2D eigenvalue weighted by molar-refractivity contribution is 5.85. The largest absolute Gasteiger partial charge is 0.319 e. The van der Waals surface area contributed by atoms with Crippen LogP contribution in [0.5, 0.6) is 0 Å². The number of fused-ring (bicyclic) bond motifs is 1. The topological polar surface area (TPSA) is 56.7 Å². The molecule has 0 bridgehead atoms. The molecule has 3 aromatic rings. The van der Waals surface area contributed by atoms with Gasteiger partial charge in [0.2, 0.25) is 0 Å². The summed E-state index contributed by atoms with van der Waals surface area (Å²) < 4.78 is 1.84. The Balaban J connectivity index is 2.16. The minimum atomic E-state index is -0.218. The number of pyridine rings is 1. The van der Waals surface area contributed by atoms with Crippen LogP contribution in [0.2, 0.25) is 0 Å². The summed E-state index contributed by atoms with van der Waals surface area (Å²) in [5, 5.41) is 6.60. The molecule has 1 aromatic carbocycles. The molecule has 0 aliphatic rings. The summed E-state index contributed by atoms with van der Waals surface area (Å²) in [5.41, 5.74) is 9.39. The molecule has 19 heavy (non-hydrogen) atoms. The number of aryl methyl sites for hydroxylation is 2. The molecule has 0 saturated carbocycles. The zero-order chi connectivity index (χ0) is 13.4. The number of rotatable bonds is 2. The second-order valence-corrected chi connectivity index (χ2v) is 4.76. The van der Waals surface area contributed by atoms with Gasteiger partial charge in [0.05, 0.1) is 17.4 Å². The van der Waals surface area contributed by atoms with Gasteiger partial charge >= 0.3 is 0 Å². The molecule has 1 atom stereocenters. The van der Waals surface area contributed by atoms with Gasteiger partial charge in [-0.15, -0.1) is 0 Å². The Kier molecular flexibility index (Phi) is 2.80. The molecule has 3 rings (SSSR count). The highest BCUT2D eigenvalue weighted by Crippen LogP contribution is 2.26. The highest BCUT2D eigenvalue weighted by atomic mass is 15.3. The van der Waals surface area contributed by atoms with Gasteiger partial charge in [-0.1, -0.05) is 24.3 Å². The van der Waals surface area contributed by atoms with Crippen LogP contribution in [0.1, 0.15) is 23.0 Å². The lowest BCUT2D eigenvalue weighted by molar-refractivity contribution is 0.670. The van der Waals surface area contributed by atoms with Crippen LogP contribution in [0.4, 0.5) is 0 Å². The first-order valence-electron chi connectivity index (χ1n) is 6.25. The Labute approximate surface area is 111 Å². The van der Waals surface area contributed by atoms with Crippen molar-refractivity contribution in [1.82, 2.24) is 14.8 Å². The molecule has 4 heteroatoms. The number of benzene rings is 1. The zero-order valence-electron chi connectivity index (χ0n) is 11.0. The summed E-state index contributed by atoms with van der Waals surface area (Å²) in [6, 6.07) is 9.96. The lowest BCUT2D eigenvalue weighted by Gasteiger charge is -2.14. The molecule has 0 amide bonds. The van der Waals surface area contributed by atoms with E-state index in [0.29, 0.717) is 0 Å². The smallest absolute Gasteiger partial charge is 0.0744 e. The summed E-state index contributed by atoms with van der Waals surface area (Å²) in [4.78, 5) is 4.29. The summed E-state index contributed by atoms with van der Waals surface area (Å²) in [6.45, 7) is 1.97. The lowest BCUT2D eigenvalue weighted by atomic mass is 10.00. The normalized spacial score (nSPS) is 12.8. The number of nitrogens with two attached hydrogens (primary N) is 1. The van der Waals surface area contributed by atoms with Gasteiger partial charge in [-0.05, 0) is 18.4 Å². The molecule has 96 valence electrons. The van der Waals surface area contributed by atoms with Crippen LogP contribution in [0.3, 0.4) is 0 Å². The average Bonchev–Trinajstić information content (AvgIpc) is 2.76. The third-order valence-corrected chi connectivity index (χ3v) is 3.39. The minimum absolute atomic E-state index is 0.218. The van der Waals surface area contributed by atoms with E-state index in [4.69, 9.17) is 5.73 Å². The predicted molar refractivity (Wildman–Crippen MR) is 75.7 cm³/mol. The van der Waals surface area contributed by atoms with Gasteiger partial charge in [0.25, 0.3) is 0 Å². The third-order valence-electron chi connectivity index (χ3n) is 3.39. The summed E-state index contributed by atoms with van der Waals surface area (Å²) >= 11 is 0. The minimum Gasteiger partial charge on any atom is -0.319 e. The van der Waals surface area contributed by atoms with E-state index >= 15 is 0 Å².